The average molecular weight is 375 g/mol. The van der Waals surface area contributed by atoms with Crippen LogP contribution in [0.1, 0.15) is 23.0 Å². The minimum Gasteiger partial charge on any atom is -0.462 e. The summed E-state index contributed by atoms with van der Waals surface area (Å²) < 4.78 is 38.1. The van der Waals surface area contributed by atoms with E-state index < -0.39 is 16.0 Å². The Morgan fingerprint density at radius 2 is 2.00 bits per heavy atom. The summed E-state index contributed by atoms with van der Waals surface area (Å²) in [4.78, 5) is 11.7. The number of benzene rings is 1. The predicted molar refractivity (Wildman–Crippen MR) is 94.2 cm³/mol. The van der Waals surface area contributed by atoms with E-state index in [9.17, 15) is 13.2 Å². The third-order valence-electron chi connectivity index (χ3n) is 3.58. The van der Waals surface area contributed by atoms with Gasteiger partial charge in [0.1, 0.15) is 16.3 Å². The van der Waals surface area contributed by atoms with Gasteiger partial charge in [-0.1, -0.05) is 0 Å². The highest BCUT2D eigenvalue weighted by Crippen LogP contribution is 2.28. The Hall–Kier alpha value is -3.07. The molecule has 0 bridgehead atoms. The Bertz CT molecular complexity index is 1010. The average Bonchev–Trinajstić information content (AvgIpc) is 3.25. The summed E-state index contributed by atoms with van der Waals surface area (Å²) in [6.45, 7) is 3.55. The smallest absolute Gasteiger partial charge is 0.338 e. The number of nitrogens with one attached hydrogen (secondary N) is 2. The largest absolute Gasteiger partial charge is 0.462 e. The lowest BCUT2D eigenvalue weighted by molar-refractivity contribution is 0.0526. The van der Waals surface area contributed by atoms with Gasteiger partial charge in [-0.05, 0) is 44.2 Å². The predicted octanol–water partition coefficient (Wildman–Crippen LogP) is 2.96. The molecule has 3 rings (SSSR count). The van der Waals surface area contributed by atoms with Crippen LogP contribution in [0.25, 0.3) is 11.5 Å². The van der Waals surface area contributed by atoms with Crippen LogP contribution in [-0.2, 0) is 14.8 Å². The maximum absolute atomic E-state index is 12.6. The Balaban J connectivity index is 1.82. The molecule has 9 heteroatoms. The second-order valence-electron chi connectivity index (χ2n) is 5.40. The highest BCUT2D eigenvalue weighted by Gasteiger charge is 2.22. The summed E-state index contributed by atoms with van der Waals surface area (Å²) in [6, 6.07) is 9.08. The Labute approximate surface area is 150 Å². The minimum absolute atomic E-state index is 0.0246. The molecule has 0 fully saturated rings. The van der Waals surface area contributed by atoms with Crippen molar-refractivity contribution in [2.75, 3.05) is 11.3 Å². The van der Waals surface area contributed by atoms with Gasteiger partial charge >= 0.3 is 5.97 Å². The molecule has 136 valence electrons. The van der Waals surface area contributed by atoms with Gasteiger partial charge < -0.3 is 9.15 Å². The molecule has 0 radical (unpaired) electrons. The summed E-state index contributed by atoms with van der Waals surface area (Å²) in [7, 11) is -3.85. The van der Waals surface area contributed by atoms with Gasteiger partial charge in [-0.3, -0.25) is 9.82 Å². The summed E-state index contributed by atoms with van der Waals surface area (Å²) in [5, 5.41) is 6.53. The zero-order valence-electron chi connectivity index (χ0n) is 14.1. The first-order valence-electron chi connectivity index (χ1n) is 7.81. The number of furan rings is 1. The third kappa shape index (κ3) is 3.62. The van der Waals surface area contributed by atoms with Gasteiger partial charge in [0.25, 0.3) is 10.0 Å². The van der Waals surface area contributed by atoms with Crippen molar-refractivity contribution in [1.29, 1.82) is 0 Å². The number of rotatable bonds is 6. The van der Waals surface area contributed by atoms with Crippen LogP contribution in [0.15, 0.2) is 51.9 Å². The number of nitrogens with zero attached hydrogens (tertiary/aromatic N) is 1. The molecule has 0 atom stereocenters. The highest BCUT2D eigenvalue weighted by atomic mass is 32.2. The molecular formula is C17H17N3O5S. The topological polar surface area (TPSA) is 114 Å². The van der Waals surface area contributed by atoms with Crippen molar-refractivity contribution in [3.05, 3.63) is 53.9 Å². The molecule has 0 aliphatic heterocycles. The molecule has 2 aromatic heterocycles. The number of hydrogen-bond acceptors (Lipinski definition) is 6. The van der Waals surface area contributed by atoms with Crippen molar-refractivity contribution in [1.82, 2.24) is 10.2 Å². The van der Waals surface area contributed by atoms with Gasteiger partial charge in [-0.15, -0.1) is 0 Å². The van der Waals surface area contributed by atoms with Crippen LogP contribution in [0, 0.1) is 6.92 Å². The lowest BCUT2D eigenvalue weighted by atomic mass is 10.2. The number of aromatic amines is 1. The molecule has 0 saturated heterocycles. The van der Waals surface area contributed by atoms with Crippen LogP contribution in [0.4, 0.5) is 5.69 Å². The van der Waals surface area contributed by atoms with Crippen LogP contribution < -0.4 is 4.72 Å². The molecule has 0 aliphatic rings. The van der Waals surface area contributed by atoms with E-state index in [0.29, 0.717) is 22.7 Å². The molecule has 26 heavy (non-hydrogen) atoms. The third-order valence-corrected chi connectivity index (χ3v) is 5.06. The number of esters is 1. The lowest BCUT2D eigenvalue weighted by Gasteiger charge is -2.08. The van der Waals surface area contributed by atoms with E-state index in [-0.39, 0.29) is 17.3 Å². The van der Waals surface area contributed by atoms with Gasteiger partial charge in [0, 0.05) is 18.0 Å². The summed E-state index contributed by atoms with van der Waals surface area (Å²) >= 11 is 0. The van der Waals surface area contributed by atoms with Crippen LogP contribution in [0.2, 0.25) is 0 Å². The van der Waals surface area contributed by atoms with E-state index in [1.807, 2.05) is 0 Å². The van der Waals surface area contributed by atoms with E-state index in [1.165, 1.54) is 30.3 Å². The number of ether oxygens (including phenoxy) is 1. The molecule has 3 aromatic rings. The number of H-pyrrole nitrogens is 1. The van der Waals surface area contributed by atoms with Gasteiger partial charge in [0.05, 0.1) is 12.2 Å². The van der Waals surface area contributed by atoms with Crippen LogP contribution in [0.5, 0.6) is 0 Å². The molecule has 2 N–H and O–H groups in total. The van der Waals surface area contributed by atoms with E-state index >= 15 is 0 Å². The van der Waals surface area contributed by atoms with Crippen molar-refractivity contribution >= 4 is 21.7 Å². The molecule has 0 saturated carbocycles. The van der Waals surface area contributed by atoms with Crippen LogP contribution in [-0.4, -0.2) is 31.2 Å². The quantitative estimate of drug-likeness (QED) is 0.640. The standard InChI is InChI=1S/C17H17N3O5S/c1-3-24-17(21)12-4-6-13(7-5-12)20-26(22,23)16-10-15(25-11(16)2)14-8-9-18-19-14/h4-10,20H,3H2,1-2H3,(H,18,19). The normalized spacial score (nSPS) is 11.3. The van der Waals surface area contributed by atoms with E-state index in [1.54, 1.807) is 26.1 Å². The van der Waals surface area contributed by atoms with Crippen molar-refractivity contribution in [2.45, 2.75) is 18.7 Å². The Kier molecular flexibility index (Phi) is 4.81. The molecule has 1 aromatic carbocycles. The number of hydrogen-bond donors (Lipinski definition) is 2. The molecule has 0 spiro atoms. The van der Waals surface area contributed by atoms with Crippen LogP contribution >= 0.6 is 0 Å². The summed E-state index contributed by atoms with van der Waals surface area (Å²) in [5.41, 5.74) is 1.24. The fourth-order valence-electron chi connectivity index (χ4n) is 2.36. The molecule has 8 nitrogen and oxygen atoms in total. The fourth-order valence-corrected chi connectivity index (χ4v) is 3.60. The van der Waals surface area contributed by atoms with E-state index in [4.69, 9.17) is 9.15 Å². The maximum Gasteiger partial charge on any atom is 0.338 e. The second kappa shape index (κ2) is 7.04. The fraction of sp³-hybridized carbons (Fsp3) is 0.176. The number of aromatic nitrogens is 2. The Morgan fingerprint density at radius 3 is 2.62 bits per heavy atom. The van der Waals surface area contributed by atoms with Gasteiger partial charge in [-0.25, -0.2) is 13.2 Å². The SMILES string of the molecule is CCOC(=O)c1ccc(NS(=O)(=O)c2cc(-c3ccn[nH]3)oc2C)cc1. The molecule has 0 unspecified atom stereocenters. The zero-order valence-corrected chi connectivity index (χ0v) is 15.0. The first kappa shape index (κ1) is 17.7. The summed E-state index contributed by atoms with van der Waals surface area (Å²) in [5.74, 6) is 0.167. The molecule has 2 heterocycles. The van der Waals surface area contributed by atoms with Gasteiger partial charge in [0.2, 0.25) is 0 Å². The number of carbonyl (C=O) groups is 1. The first-order chi connectivity index (χ1) is 12.4. The van der Waals surface area contributed by atoms with Crippen molar-refractivity contribution in [2.24, 2.45) is 0 Å². The maximum atomic E-state index is 12.6. The highest BCUT2D eigenvalue weighted by molar-refractivity contribution is 7.92. The minimum atomic E-state index is -3.85. The zero-order chi connectivity index (χ0) is 18.7. The van der Waals surface area contributed by atoms with Gasteiger partial charge in [0.15, 0.2) is 5.76 Å². The number of sulfonamides is 1. The van der Waals surface area contributed by atoms with E-state index in [0.717, 1.165) is 0 Å². The lowest BCUT2D eigenvalue weighted by Crippen LogP contribution is -2.13. The monoisotopic (exact) mass is 375 g/mol. The van der Waals surface area contributed by atoms with Crippen molar-refractivity contribution in [3.8, 4) is 11.5 Å². The van der Waals surface area contributed by atoms with Crippen LogP contribution in [0.3, 0.4) is 0 Å². The second-order valence-corrected chi connectivity index (χ2v) is 7.06. The molecule has 0 aliphatic carbocycles. The van der Waals surface area contributed by atoms with Crippen molar-refractivity contribution < 1.29 is 22.4 Å². The number of carbonyl (C=O) groups excluding carboxylic acids is 1. The Morgan fingerprint density at radius 1 is 1.27 bits per heavy atom. The van der Waals surface area contributed by atoms with Crippen molar-refractivity contribution in [3.63, 3.8) is 0 Å². The van der Waals surface area contributed by atoms with E-state index in [2.05, 4.69) is 14.9 Å². The number of aryl methyl sites for hydroxylation is 1. The van der Waals surface area contributed by atoms with Gasteiger partial charge in [-0.2, -0.15) is 5.10 Å². The first-order valence-corrected chi connectivity index (χ1v) is 9.29. The summed E-state index contributed by atoms with van der Waals surface area (Å²) in [6.07, 6.45) is 1.55. The number of anilines is 1. The molecular weight excluding hydrogens is 358 g/mol. The molecule has 0 amide bonds.